The monoisotopic (exact) mass is 499 g/mol. The van der Waals surface area contributed by atoms with E-state index in [4.69, 9.17) is 18.6 Å². The van der Waals surface area contributed by atoms with E-state index in [9.17, 15) is 0 Å². The van der Waals surface area contributed by atoms with Crippen LogP contribution in [-0.2, 0) is 6.61 Å². The van der Waals surface area contributed by atoms with Gasteiger partial charge in [-0.3, -0.25) is 0 Å². The minimum Gasteiger partial charge on any atom is -0.496 e. The van der Waals surface area contributed by atoms with Gasteiger partial charge in [0.2, 0.25) is 4.96 Å². The SMILES string of the molecule is COc1cc(OCc2cccc(-c3cnc(C)nc3)c2)c2cc(-c3cn4nc(OC)sc4n3)oc2c1. The number of benzene rings is 2. The molecule has 0 N–H and O–H groups in total. The van der Waals surface area contributed by atoms with E-state index < -0.39 is 0 Å². The van der Waals surface area contributed by atoms with E-state index in [2.05, 4.69) is 26.1 Å². The van der Waals surface area contributed by atoms with E-state index in [0.717, 1.165) is 32.9 Å². The van der Waals surface area contributed by atoms with Crippen LogP contribution >= 0.6 is 11.3 Å². The molecule has 0 saturated carbocycles. The van der Waals surface area contributed by atoms with E-state index in [1.54, 1.807) is 18.7 Å². The minimum absolute atomic E-state index is 0.368. The second kappa shape index (κ2) is 8.97. The van der Waals surface area contributed by atoms with Crippen molar-refractivity contribution in [1.29, 1.82) is 0 Å². The van der Waals surface area contributed by atoms with E-state index in [-0.39, 0.29) is 0 Å². The number of hydrogen-bond acceptors (Lipinski definition) is 9. The first-order valence-corrected chi connectivity index (χ1v) is 11.9. The third-order valence-electron chi connectivity index (χ3n) is 5.70. The van der Waals surface area contributed by atoms with Crippen LogP contribution in [0.5, 0.6) is 16.7 Å². The van der Waals surface area contributed by atoms with Gasteiger partial charge in [0.05, 0.1) is 25.8 Å². The molecule has 4 heterocycles. The Balaban J connectivity index is 1.30. The quantitative estimate of drug-likeness (QED) is 0.281. The number of aryl methyl sites for hydroxylation is 1. The fraction of sp³-hybridized carbons (Fsp3) is 0.154. The molecule has 0 radical (unpaired) electrons. The number of furan rings is 1. The van der Waals surface area contributed by atoms with Gasteiger partial charge in [-0.1, -0.05) is 18.2 Å². The van der Waals surface area contributed by atoms with Gasteiger partial charge in [0.15, 0.2) is 5.76 Å². The van der Waals surface area contributed by atoms with E-state index in [0.29, 0.717) is 40.3 Å². The van der Waals surface area contributed by atoms with Gasteiger partial charge in [0.25, 0.3) is 5.19 Å². The average molecular weight is 500 g/mol. The molecule has 0 atom stereocenters. The smallest absolute Gasteiger partial charge is 0.294 e. The fourth-order valence-corrected chi connectivity index (χ4v) is 4.57. The van der Waals surface area contributed by atoms with Crippen LogP contribution in [0.3, 0.4) is 0 Å². The molecule has 0 fully saturated rings. The standard InChI is InChI=1S/C26H21N5O4S/c1-15-27-11-18(12-28-15)17-6-4-5-16(7-17)14-34-22-8-19(32-2)9-23-20(22)10-24(35-23)21-13-31-25(29-21)36-26(30-31)33-3/h4-13H,14H2,1-3H3. The van der Waals surface area contributed by atoms with Gasteiger partial charge in [0, 0.05) is 30.1 Å². The summed E-state index contributed by atoms with van der Waals surface area (Å²) in [6, 6.07) is 13.7. The average Bonchev–Trinajstić information content (AvgIpc) is 3.60. The first-order valence-electron chi connectivity index (χ1n) is 11.1. The summed E-state index contributed by atoms with van der Waals surface area (Å²) >= 11 is 1.36. The molecule has 6 rings (SSSR count). The van der Waals surface area contributed by atoms with Crippen molar-refractivity contribution in [2.45, 2.75) is 13.5 Å². The third-order valence-corrected chi connectivity index (χ3v) is 6.58. The van der Waals surface area contributed by atoms with Crippen LogP contribution in [0.15, 0.2) is 65.5 Å². The van der Waals surface area contributed by atoms with Gasteiger partial charge < -0.3 is 18.6 Å². The Labute approximate surface area is 209 Å². The Hall–Kier alpha value is -4.44. The summed E-state index contributed by atoms with van der Waals surface area (Å²) in [5.41, 5.74) is 4.32. The molecular formula is C26H21N5O4S. The summed E-state index contributed by atoms with van der Waals surface area (Å²) in [7, 11) is 3.20. The van der Waals surface area contributed by atoms with Crippen molar-refractivity contribution in [3.8, 4) is 39.3 Å². The maximum Gasteiger partial charge on any atom is 0.294 e. The summed E-state index contributed by atoms with van der Waals surface area (Å²) in [6.45, 7) is 2.24. The molecule has 9 nitrogen and oxygen atoms in total. The van der Waals surface area contributed by atoms with Crippen molar-refractivity contribution in [1.82, 2.24) is 24.6 Å². The molecule has 36 heavy (non-hydrogen) atoms. The number of aromatic nitrogens is 5. The van der Waals surface area contributed by atoms with Crippen LogP contribution in [0.2, 0.25) is 0 Å². The zero-order valence-corrected chi connectivity index (χ0v) is 20.6. The molecule has 0 saturated heterocycles. The lowest BCUT2D eigenvalue weighted by Gasteiger charge is -2.10. The zero-order chi connectivity index (χ0) is 24.6. The molecular weight excluding hydrogens is 478 g/mol. The first kappa shape index (κ1) is 22.1. The molecule has 0 bridgehead atoms. The summed E-state index contributed by atoms with van der Waals surface area (Å²) in [5.74, 6) is 2.65. The number of methoxy groups -OCH3 is 2. The number of fused-ring (bicyclic) bond motifs is 2. The Bertz CT molecular complexity index is 1650. The molecule has 2 aromatic carbocycles. The van der Waals surface area contributed by atoms with E-state index in [1.807, 2.05) is 61.9 Å². The van der Waals surface area contributed by atoms with Crippen LogP contribution in [0.25, 0.3) is 38.5 Å². The number of imidazole rings is 1. The lowest BCUT2D eigenvalue weighted by molar-refractivity contribution is 0.307. The van der Waals surface area contributed by atoms with Crippen LogP contribution < -0.4 is 14.2 Å². The molecule has 0 spiro atoms. The maximum atomic E-state index is 6.26. The van der Waals surface area contributed by atoms with Crippen LogP contribution in [0.4, 0.5) is 0 Å². The Morgan fingerprint density at radius 2 is 1.86 bits per heavy atom. The van der Waals surface area contributed by atoms with Gasteiger partial charge in [-0.15, -0.1) is 5.10 Å². The fourth-order valence-electron chi connectivity index (χ4n) is 3.87. The molecule has 0 aliphatic rings. The van der Waals surface area contributed by atoms with Crippen molar-refractivity contribution < 1.29 is 18.6 Å². The van der Waals surface area contributed by atoms with Crippen molar-refractivity contribution in [3.63, 3.8) is 0 Å². The second-order valence-electron chi connectivity index (χ2n) is 8.08. The van der Waals surface area contributed by atoms with Crippen molar-refractivity contribution >= 4 is 27.3 Å². The number of hydrogen-bond donors (Lipinski definition) is 0. The lowest BCUT2D eigenvalue weighted by atomic mass is 10.1. The largest absolute Gasteiger partial charge is 0.496 e. The first-order chi connectivity index (χ1) is 17.6. The summed E-state index contributed by atoms with van der Waals surface area (Å²) < 4.78 is 24.7. The molecule has 10 heteroatoms. The Kier molecular flexibility index (Phi) is 5.49. The summed E-state index contributed by atoms with van der Waals surface area (Å²) in [4.78, 5) is 13.9. The highest BCUT2D eigenvalue weighted by Crippen LogP contribution is 2.37. The van der Waals surface area contributed by atoms with Crippen LogP contribution in [0.1, 0.15) is 11.4 Å². The van der Waals surface area contributed by atoms with Crippen LogP contribution in [-0.4, -0.2) is 38.8 Å². The van der Waals surface area contributed by atoms with Crippen LogP contribution in [0, 0.1) is 6.92 Å². The highest BCUT2D eigenvalue weighted by atomic mass is 32.1. The normalized spacial score (nSPS) is 11.3. The summed E-state index contributed by atoms with van der Waals surface area (Å²) in [6.07, 6.45) is 5.46. The lowest BCUT2D eigenvalue weighted by Crippen LogP contribution is -1.97. The van der Waals surface area contributed by atoms with Gasteiger partial charge in [0.1, 0.15) is 35.2 Å². The molecule has 180 valence electrons. The van der Waals surface area contributed by atoms with Crippen molar-refractivity contribution in [2.24, 2.45) is 0 Å². The molecule has 6 aromatic rings. The van der Waals surface area contributed by atoms with Gasteiger partial charge in [-0.05, 0) is 41.5 Å². The molecule has 0 unspecified atom stereocenters. The van der Waals surface area contributed by atoms with Crippen molar-refractivity contribution in [3.05, 3.63) is 72.4 Å². The zero-order valence-electron chi connectivity index (χ0n) is 19.8. The second-order valence-corrected chi connectivity index (χ2v) is 9.00. The van der Waals surface area contributed by atoms with Gasteiger partial charge in [-0.25, -0.2) is 19.5 Å². The minimum atomic E-state index is 0.368. The Morgan fingerprint density at radius 1 is 1.00 bits per heavy atom. The predicted molar refractivity (Wildman–Crippen MR) is 136 cm³/mol. The molecule has 0 amide bonds. The number of nitrogens with zero attached hydrogens (tertiary/aromatic N) is 5. The number of ether oxygens (including phenoxy) is 3. The Morgan fingerprint density at radius 3 is 2.64 bits per heavy atom. The van der Waals surface area contributed by atoms with E-state index >= 15 is 0 Å². The van der Waals surface area contributed by atoms with Gasteiger partial charge in [-0.2, -0.15) is 0 Å². The van der Waals surface area contributed by atoms with Crippen molar-refractivity contribution in [2.75, 3.05) is 14.2 Å². The highest BCUT2D eigenvalue weighted by Gasteiger charge is 2.17. The summed E-state index contributed by atoms with van der Waals surface area (Å²) in [5, 5.41) is 5.71. The molecule has 0 aliphatic heterocycles. The van der Waals surface area contributed by atoms with E-state index in [1.165, 1.54) is 11.3 Å². The number of rotatable bonds is 7. The van der Waals surface area contributed by atoms with Gasteiger partial charge >= 0.3 is 0 Å². The maximum absolute atomic E-state index is 6.26. The predicted octanol–water partition coefficient (Wildman–Crippen LogP) is 5.57. The topological polar surface area (TPSA) is 96.8 Å². The molecule has 4 aromatic heterocycles. The highest BCUT2D eigenvalue weighted by molar-refractivity contribution is 7.18. The third kappa shape index (κ3) is 4.11. The molecule has 0 aliphatic carbocycles.